The van der Waals surface area contributed by atoms with Crippen molar-refractivity contribution >= 4 is 39.2 Å². The van der Waals surface area contributed by atoms with E-state index in [-0.39, 0.29) is 11.5 Å². The maximum atomic E-state index is 14.5. The zero-order valence-electron chi connectivity index (χ0n) is 23.5. The third-order valence-electron chi connectivity index (χ3n) is 7.76. The van der Waals surface area contributed by atoms with E-state index in [2.05, 4.69) is 12.1 Å². The average molecular weight is 572 g/mol. The first-order valence-electron chi connectivity index (χ1n) is 14.0. The highest BCUT2D eigenvalue weighted by atomic mass is 35.5. The van der Waals surface area contributed by atoms with Crippen LogP contribution in [0.25, 0.3) is 27.4 Å². The van der Waals surface area contributed by atoms with Crippen molar-refractivity contribution in [3.8, 4) is 5.69 Å². The fraction of sp³-hybridized carbons (Fsp3) is 0.139. The lowest BCUT2D eigenvalue weighted by Gasteiger charge is -2.31. The standard InChI is InChI=1S/C36H30ClN3O2/c1-24-15-18-29(19-16-24)40-34(38-33-23-28(37)17-20-32(33)36(40)42)25(2)39(22-21-26-9-4-3-5-10-26)35(41)31-14-8-12-27-11-6-7-13-30(27)31/h3-20,23,25H,21-22H2,1-2H3. The lowest BCUT2D eigenvalue weighted by atomic mass is 10.0. The molecule has 0 spiro atoms. The third kappa shape index (κ3) is 5.31. The van der Waals surface area contributed by atoms with Crippen LogP contribution in [-0.2, 0) is 6.42 Å². The van der Waals surface area contributed by atoms with Crippen LogP contribution >= 0.6 is 11.6 Å². The predicted molar refractivity (Wildman–Crippen MR) is 171 cm³/mol. The van der Waals surface area contributed by atoms with Crippen LogP contribution < -0.4 is 5.56 Å². The summed E-state index contributed by atoms with van der Waals surface area (Å²) in [6.07, 6.45) is 0.649. The maximum absolute atomic E-state index is 14.5. The molecule has 6 aromatic rings. The van der Waals surface area contributed by atoms with Crippen molar-refractivity contribution < 1.29 is 4.79 Å². The van der Waals surface area contributed by atoms with Gasteiger partial charge in [0, 0.05) is 17.1 Å². The number of aryl methyl sites for hydroxylation is 1. The molecule has 208 valence electrons. The van der Waals surface area contributed by atoms with Gasteiger partial charge in [-0.05, 0) is 73.0 Å². The van der Waals surface area contributed by atoms with Gasteiger partial charge in [0.15, 0.2) is 0 Å². The molecule has 0 radical (unpaired) electrons. The van der Waals surface area contributed by atoms with E-state index in [9.17, 15) is 9.59 Å². The maximum Gasteiger partial charge on any atom is 0.266 e. The van der Waals surface area contributed by atoms with Gasteiger partial charge in [0.2, 0.25) is 0 Å². The predicted octanol–water partition coefficient (Wildman–Crippen LogP) is 7.95. The smallest absolute Gasteiger partial charge is 0.266 e. The van der Waals surface area contributed by atoms with Gasteiger partial charge in [0.05, 0.1) is 22.6 Å². The van der Waals surface area contributed by atoms with Gasteiger partial charge in [0.25, 0.3) is 11.5 Å². The Morgan fingerprint density at radius 3 is 2.36 bits per heavy atom. The molecule has 6 heteroatoms. The van der Waals surface area contributed by atoms with Gasteiger partial charge in [-0.1, -0.05) is 96.0 Å². The molecule has 5 aromatic carbocycles. The summed E-state index contributed by atoms with van der Waals surface area (Å²) in [6.45, 7) is 4.38. The molecule has 1 amide bonds. The minimum atomic E-state index is -0.544. The number of benzene rings is 5. The molecule has 0 aliphatic carbocycles. The van der Waals surface area contributed by atoms with Gasteiger partial charge < -0.3 is 4.90 Å². The first-order valence-corrected chi connectivity index (χ1v) is 14.4. The summed E-state index contributed by atoms with van der Waals surface area (Å²) in [5, 5.41) is 2.84. The van der Waals surface area contributed by atoms with E-state index in [4.69, 9.17) is 16.6 Å². The molecule has 0 aliphatic heterocycles. The Morgan fingerprint density at radius 2 is 1.57 bits per heavy atom. The van der Waals surface area contributed by atoms with E-state index in [1.165, 1.54) is 0 Å². The van der Waals surface area contributed by atoms with Gasteiger partial charge in [-0.3, -0.25) is 14.2 Å². The molecule has 0 N–H and O–H groups in total. The Kier molecular flexibility index (Phi) is 7.60. The molecule has 6 rings (SSSR count). The Morgan fingerprint density at radius 1 is 0.857 bits per heavy atom. The molecule has 1 aromatic heterocycles. The molecule has 0 bridgehead atoms. The summed E-state index contributed by atoms with van der Waals surface area (Å²) in [7, 11) is 0. The lowest BCUT2D eigenvalue weighted by Crippen LogP contribution is -2.38. The van der Waals surface area contributed by atoms with Crippen LogP contribution in [0.3, 0.4) is 0 Å². The number of hydrogen-bond donors (Lipinski definition) is 0. The van der Waals surface area contributed by atoms with Crippen LogP contribution in [0.2, 0.25) is 5.02 Å². The number of hydrogen-bond acceptors (Lipinski definition) is 3. The number of fused-ring (bicyclic) bond motifs is 2. The zero-order valence-corrected chi connectivity index (χ0v) is 24.3. The molecule has 5 nitrogen and oxygen atoms in total. The lowest BCUT2D eigenvalue weighted by molar-refractivity contribution is 0.0685. The highest BCUT2D eigenvalue weighted by molar-refractivity contribution is 6.31. The number of nitrogens with zero attached hydrogens (tertiary/aromatic N) is 3. The van der Waals surface area contributed by atoms with E-state index in [0.29, 0.717) is 46.0 Å². The SMILES string of the molecule is Cc1ccc(-n2c(C(C)N(CCc3ccccc3)C(=O)c3cccc4ccccc34)nc3cc(Cl)ccc3c2=O)cc1. The first-order chi connectivity index (χ1) is 20.4. The normalized spacial score (nSPS) is 12.0. The molecular formula is C36H30ClN3O2. The second-order valence-electron chi connectivity index (χ2n) is 10.5. The molecular weight excluding hydrogens is 542 g/mol. The zero-order chi connectivity index (χ0) is 29.2. The van der Waals surface area contributed by atoms with Crippen molar-refractivity contribution in [2.75, 3.05) is 6.54 Å². The van der Waals surface area contributed by atoms with Gasteiger partial charge in [-0.15, -0.1) is 0 Å². The second-order valence-corrected chi connectivity index (χ2v) is 11.0. The van der Waals surface area contributed by atoms with Crippen LogP contribution in [0.15, 0.2) is 120 Å². The number of halogens is 1. The van der Waals surface area contributed by atoms with E-state index in [0.717, 1.165) is 21.9 Å². The van der Waals surface area contributed by atoms with Gasteiger partial charge >= 0.3 is 0 Å². The molecule has 0 aliphatic rings. The molecule has 1 heterocycles. The Bertz CT molecular complexity index is 1960. The number of amides is 1. The largest absolute Gasteiger partial charge is 0.328 e. The van der Waals surface area contributed by atoms with Crippen LogP contribution in [0.4, 0.5) is 0 Å². The van der Waals surface area contributed by atoms with Crippen LogP contribution in [0.5, 0.6) is 0 Å². The third-order valence-corrected chi connectivity index (χ3v) is 7.99. The summed E-state index contributed by atoms with van der Waals surface area (Å²) in [5.41, 5.74) is 3.80. The van der Waals surface area contributed by atoms with E-state index < -0.39 is 6.04 Å². The summed E-state index contributed by atoms with van der Waals surface area (Å²) < 4.78 is 1.63. The molecule has 0 fully saturated rings. The highest BCUT2D eigenvalue weighted by Gasteiger charge is 2.28. The minimum Gasteiger partial charge on any atom is -0.328 e. The summed E-state index contributed by atoms with van der Waals surface area (Å²) in [6, 6.07) is 36.1. The van der Waals surface area contributed by atoms with E-state index in [1.807, 2.05) is 104 Å². The van der Waals surface area contributed by atoms with Crippen molar-refractivity contribution in [2.24, 2.45) is 0 Å². The quantitative estimate of drug-likeness (QED) is 0.195. The van der Waals surface area contributed by atoms with Gasteiger partial charge in [0.1, 0.15) is 5.82 Å². The van der Waals surface area contributed by atoms with Crippen molar-refractivity contribution in [3.05, 3.63) is 153 Å². The minimum absolute atomic E-state index is 0.119. The number of carbonyl (C=O) groups excluding carboxylic acids is 1. The van der Waals surface area contributed by atoms with Crippen LogP contribution in [0.1, 0.15) is 40.3 Å². The first kappa shape index (κ1) is 27.4. The summed E-state index contributed by atoms with van der Waals surface area (Å²) in [5.74, 6) is 0.353. The van der Waals surface area contributed by atoms with Crippen molar-refractivity contribution in [2.45, 2.75) is 26.3 Å². The summed E-state index contributed by atoms with van der Waals surface area (Å²) >= 11 is 6.33. The number of aromatic nitrogens is 2. The van der Waals surface area contributed by atoms with E-state index >= 15 is 0 Å². The Labute approximate surface area is 249 Å². The van der Waals surface area contributed by atoms with Gasteiger partial charge in [-0.2, -0.15) is 0 Å². The van der Waals surface area contributed by atoms with Crippen molar-refractivity contribution in [1.82, 2.24) is 14.5 Å². The van der Waals surface area contributed by atoms with Gasteiger partial charge in [-0.25, -0.2) is 4.98 Å². The molecule has 0 saturated heterocycles. The number of rotatable bonds is 7. The fourth-order valence-corrected chi connectivity index (χ4v) is 5.64. The molecule has 42 heavy (non-hydrogen) atoms. The Hall–Kier alpha value is -4.74. The van der Waals surface area contributed by atoms with Crippen LogP contribution in [0, 0.1) is 6.92 Å². The second kappa shape index (κ2) is 11.6. The number of carbonyl (C=O) groups is 1. The molecule has 0 saturated carbocycles. The molecule has 1 unspecified atom stereocenters. The van der Waals surface area contributed by atoms with Crippen LogP contribution in [-0.4, -0.2) is 26.9 Å². The highest BCUT2D eigenvalue weighted by Crippen LogP contribution is 2.28. The topological polar surface area (TPSA) is 55.2 Å². The van der Waals surface area contributed by atoms with Crippen molar-refractivity contribution in [3.63, 3.8) is 0 Å². The average Bonchev–Trinajstić information content (AvgIpc) is 3.01. The fourth-order valence-electron chi connectivity index (χ4n) is 5.47. The van der Waals surface area contributed by atoms with Crippen molar-refractivity contribution in [1.29, 1.82) is 0 Å². The molecule has 1 atom stereocenters. The summed E-state index contributed by atoms with van der Waals surface area (Å²) in [4.78, 5) is 35.3. The Balaban J connectivity index is 1.53. The van der Waals surface area contributed by atoms with E-state index in [1.54, 1.807) is 22.8 Å². The monoisotopic (exact) mass is 571 g/mol.